The summed E-state index contributed by atoms with van der Waals surface area (Å²) in [6.07, 6.45) is 2.83. The second kappa shape index (κ2) is 6.15. The molecule has 2 heterocycles. The molecule has 1 aliphatic heterocycles. The number of amides is 1. The van der Waals surface area contributed by atoms with Crippen LogP contribution in [-0.4, -0.2) is 47.0 Å². The summed E-state index contributed by atoms with van der Waals surface area (Å²) in [7, 11) is 1.59. The molecule has 1 saturated heterocycles. The maximum absolute atomic E-state index is 12.3. The largest absolute Gasteiger partial charge is 0.376 e. The van der Waals surface area contributed by atoms with Crippen molar-refractivity contribution in [2.45, 2.75) is 18.9 Å². The molecule has 1 atom stereocenters. The molecular weight excluding hydrogens is 286 g/mol. The average Bonchev–Trinajstić information content (AvgIpc) is 2.90. The lowest BCUT2D eigenvalue weighted by Crippen LogP contribution is -2.34. The highest BCUT2D eigenvalue weighted by Crippen LogP contribution is 2.22. The highest BCUT2D eigenvalue weighted by molar-refractivity contribution is 6.29. The van der Waals surface area contributed by atoms with Crippen molar-refractivity contribution in [2.24, 2.45) is 0 Å². The van der Waals surface area contributed by atoms with Gasteiger partial charge in [-0.25, -0.2) is 4.98 Å². The van der Waals surface area contributed by atoms with Crippen LogP contribution < -0.4 is 0 Å². The van der Waals surface area contributed by atoms with Crippen LogP contribution in [0.3, 0.4) is 0 Å². The number of hydrogen-bond acceptors (Lipinski definition) is 5. The van der Waals surface area contributed by atoms with Crippen LogP contribution in [0.15, 0.2) is 12.3 Å². The van der Waals surface area contributed by atoms with Crippen molar-refractivity contribution < 1.29 is 14.5 Å². The van der Waals surface area contributed by atoms with Crippen molar-refractivity contribution in [2.75, 3.05) is 20.2 Å². The highest BCUT2D eigenvalue weighted by Gasteiger charge is 2.26. The quantitative estimate of drug-likeness (QED) is 0.481. The number of likely N-dealkylation sites (N-methyl/N-ethyl adjacent to an activating group) is 1. The molecule has 1 amide bonds. The first kappa shape index (κ1) is 14.7. The van der Waals surface area contributed by atoms with Gasteiger partial charge in [0.05, 0.1) is 11.0 Å². The lowest BCUT2D eigenvalue weighted by Gasteiger charge is -2.20. The SMILES string of the molecule is CN(CC1CCCO1)C(=O)c1cc(Cl)ncc1[N+](=O)[O-]. The summed E-state index contributed by atoms with van der Waals surface area (Å²) in [4.78, 5) is 27.6. The van der Waals surface area contributed by atoms with Crippen LogP contribution in [0.4, 0.5) is 5.69 Å². The van der Waals surface area contributed by atoms with Gasteiger partial charge in [-0.15, -0.1) is 0 Å². The lowest BCUT2D eigenvalue weighted by atomic mass is 10.2. The van der Waals surface area contributed by atoms with Crippen molar-refractivity contribution in [3.8, 4) is 0 Å². The fraction of sp³-hybridized carbons (Fsp3) is 0.500. The van der Waals surface area contributed by atoms with Crippen molar-refractivity contribution >= 4 is 23.2 Å². The van der Waals surface area contributed by atoms with E-state index in [0.717, 1.165) is 19.0 Å². The van der Waals surface area contributed by atoms with Gasteiger partial charge in [0.2, 0.25) is 0 Å². The van der Waals surface area contributed by atoms with Gasteiger partial charge in [0.25, 0.3) is 11.6 Å². The molecule has 0 radical (unpaired) electrons. The van der Waals surface area contributed by atoms with Gasteiger partial charge in [-0.2, -0.15) is 0 Å². The van der Waals surface area contributed by atoms with E-state index in [1.54, 1.807) is 7.05 Å². The Kier molecular flexibility index (Phi) is 4.51. The number of carbonyl (C=O) groups excluding carboxylic acids is 1. The Labute approximate surface area is 120 Å². The third kappa shape index (κ3) is 3.23. The zero-order valence-corrected chi connectivity index (χ0v) is 11.7. The molecule has 0 bridgehead atoms. The van der Waals surface area contributed by atoms with E-state index in [-0.39, 0.29) is 22.5 Å². The van der Waals surface area contributed by atoms with E-state index in [4.69, 9.17) is 16.3 Å². The maximum atomic E-state index is 12.3. The Morgan fingerprint density at radius 1 is 1.70 bits per heavy atom. The van der Waals surface area contributed by atoms with Crippen LogP contribution in [0, 0.1) is 10.1 Å². The molecule has 8 heteroatoms. The van der Waals surface area contributed by atoms with Gasteiger partial charge in [-0.3, -0.25) is 14.9 Å². The van der Waals surface area contributed by atoms with E-state index >= 15 is 0 Å². The molecule has 7 nitrogen and oxygen atoms in total. The predicted molar refractivity (Wildman–Crippen MR) is 71.8 cm³/mol. The molecule has 0 aromatic carbocycles. The van der Waals surface area contributed by atoms with E-state index in [9.17, 15) is 14.9 Å². The second-order valence-electron chi connectivity index (χ2n) is 4.60. The van der Waals surface area contributed by atoms with Gasteiger partial charge in [-0.05, 0) is 18.9 Å². The zero-order valence-electron chi connectivity index (χ0n) is 10.9. The van der Waals surface area contributed by atoms with Crippen molar-refractivity contribution in [3.63, 3.8) is 0 Å². The van der Waals surface area contributed by atoms with Crippen LogP contribution in [0.1, 0.15) is 23.2 Å². The number of hydrogen-bond donors (Lipinski definition) is 0. The Bertz CT molecular complexity index is 531. The summed E-state index contributed by atoms with van der Waals surface area (Å²) < 4.78 is 5.44. The topological polar surface area (TPSA) is 85.6 Å². The first-order valence-electron chi connectivity index (χ1n) is 6.16. The van der Waals surface area contributed by atoms with E-state index in [1.165, 1.54) is 11.0 Å². The standard InChI is InChI=1S/C12H14ClN3O4/c1-15(7-8-3-2-4-20-8)12(17)9-5-11(13)14-6-10(9)16(18)19/h5-6,8H,2-4,7H2,1H3. The monoisotopic (exact) mass is 299 g/mol. The molecule has 0 N–H and O–H groups in total. The normalized spacial score (nSPS) is 18.0. The first-order valence-corrected chi connectivity index (χ1v) is 6.54. The molecule has 0 spiro atoms. The number of nitrogens with zero attached hydrogens (tertiary/aromatic N) is 3. The Morgan fingerprint density at radius 3 is 3.05 bits per heavy atom. The summed E-state index contributed by atoms with van der Waals surface area (Å²) in [5.74, 6) is -0.462. The average molecular weight is 300 g/mol. The summed E-state index contributed by atoms with van der Waals surface area (Å²) in [6, 6.07) is 1.22. The third-order valence-electron chi connectivity index (χ3n) is 3.12. The van der Waals surface area contributed by atoms with Gasteiger partial charge >= 0.3 is 0 Å². The Morgan fingerprint density at radius 2 is 2.45 bits per heavy atom. The molecule has 1 aliphatic rings. The molecule has 1 unspecified atom stereocenters. The Hall–Kier alpha value is -1.73. The molecule has 1 aromatic heterocycles. The van der Waals surface area contributed by atoms with Gasteiger partial charge in [0.15, 0.2) is 0 Å². The molecule has 0 aliphatic carbocycles. The lowest BCUT2D eigenvalue weighted by molar-refractivity contribution is -0.385. The van der Waals surface area contributed by atoms with Gasteiger partial charge in [0.1, 0.15) is 16.9 Å². The summed E-state index contributed by atoms with van der Waals surface area (Å²) in [5, 5.41) is 11.0. The summed E-state index contributed by atoms with van der Waals surface area (Å²) >= 11 is 5.71. The van der Waals surface area contributed by atoms with E-state index in [1.807, 2.05) is 0 Å². The van der Waals surface area contributed by atoms with Crippen LogP contribution in [0.5, 0.6) is 0 Å². The van der Waals surface area contributed by atoms with Gasteiger partial charge in [-0.1, -0.05) is 11.6 Å². The molecule has 20 heavy (non-hydrogen) atoms. The van der Waals surface area contributed by atoms with E-state index in [2.05, 4.69) is 4.98 Å². The predicted octanol–water partition coefficient (Wildman–Crippen LogP) is 1.89. The van der Waals surface area contributed by atoms with Crippen LogP contribution >= 0.6 is 11.6 Å². The third-order valence-corrected chi connectivity index (χ3v) is 3.33. The first-order chi connectivity index (χ1) is 9.49. The molecule has 108 valence electrons. The minimum Gasteiger partial charge on any atom is -0.376 e. The maximum Gasteiger partial charge on any atom is 0.300 e. The fourth-order valence-electron chi connectivity index (χ4n) is 2.12. The molecular formula is C12H14ClN3O4. The van der Waals surface area contributed by atoms with Crippen LogP contribution in [0.25, 0.3) is 0 Å². The number of aromatic nitrogens is 1. The van der Waals surface area contributed by atoms with Crippen molar-refractivity contribution in [1.29, 1.82) is 0 Å². The smallest absolute Gasteiger partial charge is 0.300 e. The van der Waals surface area contributed by atoms with Crippen LogP contribution in [0.2, 0.25) is 5.15 Å². The molecule has 1 aromatic rings. The number of halogens is 1. The zero-order chi connectivity index (χ0) is 14.7. The van der Waals surface area contributed by atoms with Crippen molar-refractivity contribution in [1.82, 2.24) is 9.88 Å². The highest BCUT2D eigenvalue weighted by atomic mass is 35.5. The molecule has 1 fully saturated rings. The number of nitro groups is 1. The van der Waals surface area contributed by atoms with Crippen molar-refractivity contribution in [3.05, 3.63) is 33.1 Å². The van der Waals surface area contributed by atoms with Crippen LogP contribution in [-0.2, 0) is 4.74 Å². The minimum atomic E-state index is -0.642. The summed E-state index contributed by atoms with van der Waals surface area (Å²) in [6.45, 7) is 1.09. The fourth-order valence-corrected chi connectivity index (χ4v) is 2.28. The Balaban J connectivity index is 2.18. The van der Waals surface area contributed by atoms with E-state index in [0.29, 0.717) is 13.2 Å². The van der Waals surface area contributed by atoms with E-state index < -0.39 is 10.8 Å². The number of pyridine rings is 1. The molecule has 2 rings (SSSR count). The van der Waals surface area contributed by atoms with Gasteiger partial charge < -0.3 is 9.64 Å². The number of ether oxygens (including phenoxy) is 1. The molecule has 0 saturated carbocycles. The number of carbonyl (C=O) groups is 1. The number of rotatable bonds is 4. The second-order valence-corrected chi connectivity index (χ2v) is 4.99. The summed E-state index contributed by atoms with van der Waals surface area (Å²) in [5.41, 5.74) is -0.408. The minimum absolute atomic E-state index is 0.0136. The van der Waals surface area contributed by atoms with Gasteiger partial charge in [0, 0.05) is 20.2 Å².